The van der Waals surface area contributed by atoms with Crippen LogP contribution >= 0.6 is 7.82 Å². The first kappa shape index (κ1) is 45.0. The van der Waals surface area contributed by atoms with E-state index in [1.165, 1.54) is 141 Å². The number of carbonyl (C=O) groups is 2. The van der Waals surface area contributed by atoms with Crippen LogP contribution in [0.3, 0.4) is 0 Å². The fraction of sp³-hybridized carbons (Fsp3) is 0.946. The van der Waals surface area contributed by atoms with Gasteiger partial charge in [-0.25, -0.2) is 4.57 Å². The molecule has 1 atom stereocenters. The van der Waals surface area contributed by atoms with Crippen molar-refractivity contribution < 1.29 is 37.9 Å². The van der Waals surface area contributed by atoms with Crippen LogP contribution in [0.2, 0.25) is 0 Å². The van der Waals surface area contributed by atoms with E-state index in [1.807, 2.05) is 0 Å². The summed E-state index contributed by atoms with van der Waals surface area (Å²) in [6.45, 7) is 3.70. The SMILES string of the molecule is CCCCCCCCCCCCCCCCC(=O)OCC(COP(=O)(O)O)OC(=O)CCCCCCCCCCCCCCCC. The minimum atomic E-state index is -4.74. The van der Waals surface area contributed by atoms with Gasteiger partial charge in [0.25, 0.3) is 0 Å². The highest BCUT2D eigenvalue weighted by Gasteiger charge is 2.22. The van der Waals surface area contributed by atoms with Crippen LogP contribution in [0.15, 0.2) is 0 Å². The second-order valence-electron chi connectivity index (χ2n) is 13.3. The third kappa shape index (κ3) is 35.9. The molecule has 0 spiro atoms. The molecule has 2 N–H and O–H groups in total. The molecule has 0 radical (unpaired) electrons. The topological polar surface area (TPSA) is 119 Å². The first-order valence-electron chi connectivity index (χ1n) is 19.3. The number of esters is 2. The van der Waals surface area contributed by atoms with Gasteiger partial charge < -0.3 is 19.3 Å². The summed E-state index contributed by atoms with van der Waals surface area (Å²) >= 11 is 0. The smallest absolute Gasteiger partial charge is 0.462 e. The zero-order chi connectivity index (χ0) is 34.0. The summed E-state index contributed by atoms with van der Waals surface area (Å²) in [5.41, 5.74) is 0. The molecule has 274 valence electrons. The Balaban J connectivity index is 3.91. The molecule has 9 heteroatoms. The Labute approximate surface area is 283 Å². The Morgan fingerprint density at radius 2 is 0.783 bits per heavy atom. The molecule has 0 saturated carbocycles. The lowest BCUT2D eigenvalue weighted by molar-refractivity contribution is -0.161. The number of phosphoric ester groups is 1. The molecule has 1 unspecified atom stereocenters. The summed E-state index contributed by atoms with van der Waals surface area (Å²) in [6.07, 6.45) is 33.9. The van der Waals surface area contributed by atoms with Gasteiger partial charge in [-0.2, -0.15) is 0 Å². The van der Waals surface area contributed by atoms with Crippen molar-refractivity contribution in [2.45, 2.75) is 213 Å². The minimum Gasteiger partial charge on any atom is -0.462 e. The van der Waals surface area contributed by atoms with Crippen LogP contribution in [0.1, 0.15) is 206 Å². The molecule has 0 aromatic heterocycles. The molecule has 0 aromatic carbocycles. The van der Waals surface area contributed by atoms with Gasteiger partial charge in [0.15, 0.2) is 6.10 Å². The molecule has 0 amide bonds. The molecule has 0 aliphatic rings. The third-order valence-electron chi connectivity index (χ3n) is 8.63. The molecule has 0 rings (SSSR count). The van der Waals surface area contributed by atoms with Crippen molar-refractivity contribution in [3.05, 3.63) is 0 Å². The van der Waals surface area contributed by atoms with Crippen molar-refractivity contribution in [2.24, 2.45) is 0 Å². The van der Waals surface area contributed by atoms with Gasteiger partial charge in [0.2, 0.25) is 0 Å². The summed E-state index contributed by atoms with van der Waals surface area (Å²) in [5, 5.41) is 0. The maximum absolute atomic E-state index is 12.3. The van der Waals surface area contributed by atoms with Gasteiger partial charge in [-0.3, -0.25) is 14.1 Å². The number of unbranched alkanes of at least 4 members (excludes halogenated alkanes) is 26. The standard InChI is InChI=1S/C37H73O8P/c1-3-5-7-9-11-13-15-17-19-21-23-25-27-29-31-36(38)43-33-35(34-44-46(40,41)42)45-37(39)32-30-28-26-24-22-20-18-16-14-12-10-8-6-4-2/h35H,3-34H2,1-2H3,(H2,40,41,42). The van der Waals surface area contributed by atoms with Gasteiger partial charge in [-0.1, -0.05) is 181 Å². The summed E-state index contributed by atoms with van der Waals surface area (Å²) in [4.78, 5) is 42.7. The highest BCUT2D eigenvalue weighted by Crippen LogP contribution is 2.36. The fourth-order valence-electron chi connectivity index (χ4n) is 5.73. The first-order valence-corrected chi connectivity index (χ1v) is 20.9. The molecular formula is C37H73O8P. The number of hydrogen-bond donors (Lipinski definition) is 2. The third-order valence-corrected chi connectivity index (χ3v) is 9.11. The highest BCUT2D eigenvalue weighted by atomic mass is 31.2. The second kappa shape index (κ2) is 33.9. The quantitative estimate of drug-likeness (QED) is 0.0382. The predicted molar refractivity (Wildman–Crippen MR) is 189 cm³/mol. The first-order chi connectivity index (χ1) is 22.3. The monoisotopic (exact) mass is 677 g/mol. The Morgan fingerprint density at radius 1 is 0.478 bits per heavy atom. The van der Waals surface area contributed by atoms with Crippen molar-refractivity contribution in [1.29, 1.82) is 0 Å². The van der Waals surface area contributed by atoms with E-state index in [9.17, 15) is 14.2 Å². The Bertz CT molecular complexity index is 726. The second-order valence-corrected chi connectivity index (χ2v) is 14.5. The van der Waals surface area contributed by atoms with Crippen LogP contribution in [0, 0.1) is 0 Å². The molecule has 0 saturated heterocycles. The normalized spacial score (nSPS) is 12.3. The van der Waals surface area contributed by atoms with Crippen LogP contribution in [0.5, 0.6) is 0 Å². The number of rotatable bonds is 36. The van der Waals surface area contributed by atoms with Gasteiger partial charge >= 0.3 is 19.8 Å². The number of hydrogen-bond acceptors (Lipinski definition) is 6. The molecule has 0 aromatic rings. The van der Waals surface area contributed by atoms with E-state index in [-0.39, 0.29) is 19.4 Å². The van der Waals surface area contributed by atoms with E-state index < -0.39 is 32.5 Å². The van der Waals surface area contributed by atoms with Crippen LogP contribution in [-0.2, 0) is 28.2 Å². The Morgan fingerprint density at radius 3 is 1.11 bits per heavy atom. The molecule has 0 aliphatic carbocycles. The van der Waals surface area contributed by atoms with Gasteiger partial charge in [-0.15, -0.1) is 0 Å². The zero-order valence-corrected chi connectivity index (χ0v) is 30.9. The van der Waals surface area contributed by atoms with Crippen LogP contribution < -0.4 is 0 Å². The Hall–Kier alpha value is -0.950. The van der Waals surface area contributed by atoms with Gasteiger partial charge in [0.05, 0.1) is 6.61 Å². The van der Waals surface area contributed by atoms with Gasteiger partial charge in [0, 0.05) is 12.8 Å². The summed E-state index contributed by atoms with van der Waals surface area (Å²) < 4.78 is 26.3. The van der Waals surface area contributed by atoms with Gasteiger partial charge in [-0.05, 0) is 12.8 Å². The maximum Gasteiger partial charge on any atom is 0.469 e. The fourth-order valence-corrected chi connectivity index (χ4v) is 6.09. The molecule has 0 aliphatic heterocycles. The van der Waals surface area contributed by atoms with Crippen LogP contribution in [-0.4, -0.2) is 41.0 Å². The van der Waals surface area contributed by atoms with E-state index in [2.05, 4.69) is 18.4 Å². The van der Waals surface area contributed by atoms with Crippen molar-refractivity contribution in [2.75, 3.05) is 13.2 Å². The molecule has 0 bridgehead atoms. The van der Waals surface area contributed by atoms with Crippen LogP contribution in [0.25, 0.3) is 0 Å². The molecule has 46 heavy (non-hydrogen) atoms. The zero-order valence-electron chi connectivity index (χ0n) is 30.0. The molecule has 0 fully saturated rings. The van der Waals surface area contributed by atoms with Crippen LogP contribution in [0.4, 0.5) is 0 Å². The van der Waals surface area contributed by atoms with Crippen molar-refractivity contribution >= 4 is 19.8 Å². The number of ether oxygens (including phenoxy) is 2. The van der Waals surface area contributed by atoms with E-state index >= 15 is 0 Å². The molecular weight excluding hydrogens is 603 g/mol. The lowest BCUT2D eigenvalue weighted by Crippen LogP contribution is -2.29. The summed E-state index contributed by atoms with van der Waals surface area (Å²) in [6, 6.07) is 0. The Kier molecular flexibility index (Phi) is 33.2. The lowest BCUT2D eigenvalue weighted by Gasteiger charge is -2.18. The van der Waals surface area contributed by atoms with E-state index in [4.69, 9.17) is 19.3 Å². The molecule has 0 heterocycles. The highest BCUT2D eigenvalue weighted by molar-refractivity contribution is 7.46. The van der Waals surface area contributed by atoms with E-state index in [0.29, 0.717) is 6.42 Å². The largest absolute Gasteiger partial charge is 0.469 e. The van der Waals surface area contributed by atoms with Crippen molar-refractivity contribution in [3.63, 3.8) is 0 Å². The van der Waals surface area contributed by atoms with E-state index in [0.717, 1.165) is 32.1 Å². The van der Waals surface area contributed by atoms with Crippen molar-refractivity contribution in [3.8, 4) is 0 Å². The number of phosphoric acid groups is 1. The lowest BCUT2D eigenvalue weighted by atomic mass is 10.0. The van der Waals surface area contributed by atoms with Crippen molar-refractivity contribution in [1.82, 2.24) is 0 Å². The summed E-state index contributed by atoms with van der Waals surface area (Å²) in [5.74, 6) is -0.871. The maximum atomic E-state index is 12.3. The van der Waals surface area contributed by atoms with Gasteiger partial charge in [0.1, 0.15) is 6.61 Å². The summed E-state index contributed by atoms with van der Waals surface area (Å²) in [7, 11) is -4.74. The predicted octanol–water partition coefficient (Wildman–Crippen LogP) is 11.3. The minimum absolute atomic E-state index is 0.220. The number of carbonyl (C=O) groups excluding carboxylic acids is 2. The average Bonchev–Trinajstić information content (AvgIpc) is 3.02. The average molecular weight is 677 g/mol. The van der Waals surface area contributed by atoms with E-state index in [1.54, 1.807) is 0 Å². The molecule has 8 nitrogen and oxygen atoms in total.